The predicted octanol–water partition coefficient (Wildman–Crippen LogP) is 7.55. The molecule has 1 heteroatoms. The molecule has 0 saturated heterocycles. The van der Waals surface area contributed by atoms with Crippen LogP contribution in [0.3, 0.4) is 0 Å². The van der Waals surface area contributed by atoms with E-state index < -0.39 is 0 Å². The minimum atomic E-state index is 0.253. The first-order valence-electron chi connectivity index (χ1n) is 10.0. The van der Waals surface area contributed by atoms with Crippen LogP contribution < -0.4 is 5.32 Å². The summed E-state index contributed by atoms with van der Waals surface area (Å²) in [6, 6.07) is 13.7. The SMILES string of the molecule is CC1=C(C)C(c2ccccc2C(C)Nc2c(C)cc(C)cc2C)C(C)=C1C. The Morgan fingerprint density at radius 3 is 1.85 bits per heavy atom. The summed E-state index contributed by atoms with van der Waals surface area (Å²) in [5.41, 5.74) is 13.9. The summed E-state index contributed by atoms with van der Waals surface area (Å²) < 4.78 is 0. The Labute approximate surface area is 165 Å². The van der Waals surface area contributed by atoms with Gasteiger partial charge in [-0.25, -0.2) is 0 Å². The van der Waals surface area contributed by atoms with Crippen molar-refractivity contribution in [3.8, 4) is 0 Å². The fourth-order valence-electron chi connectivity index (χ4n) is 4.69. The number of hydrogen-bond acceptors (Lipinski definition) is 1. The van der Waals surface area contributed by atoms with Crippen molar-refractivity contribution in [2.45, 2.75) is 67.3 Å². The highest BCUT2D eigenvalue weighted by Gasteiger charge is 2.28. The molecule has 0 spiro atoms. The maximum absolute atomic E-state index is 3.81. The van der Waals surface area contributed by atoms with E-state index in [9.17, 15) is 0 Å². The van der Waals surface area contributed by atoms with Crippen LogP contribution in [0.5, 0.6) is 0 Å². The molecule has 3 rings (SSSR count). The van der Waals surface area contributed by atoms with Gasteiger partial charge in [0.15, 0.2) is 0 Å². The lowest BCUT2D eigenvalue weighted by Crippen LogP contribution is -2.13. The molecule has 0 amide bonds. The molecular formula is C26H33N. The van der Waals surface area contributed by atoms with Crippen LogP contribution in [0.25, 0.3) is 0 Å². The van der Waals surface area contributed by atoms with Gasteiger partial charge in [-0.05, 0) is 88.8 Å². The van der Waals surface area contributed by atoms with E-state index in [2.05, 4.69) is 97.1 Å². The minimum Gasteiger partial charge on any atom is -0.378 e. The second-order valence-electron chi connectivity index (χ2n) is 8.32. The van der Waals surface area contributed by atoms with Crippen molar-refractivity contribution in [2.24, 2.45) is 0 Å². The highest BCUT2D eigenvalue weighted by Crippen LogP contribution is 2.45. The minimum absolute atomic E-state index is 0.253. The van der Waals surface area contributed by atoms with Crippen LogP contribution >= 0.6 is 0 Å². The average Bonchev–Trinajstić information content (AvgIpc) is 2.81. The van der Waals surface area contributed by atoms with Gasteiger partial charge >= 0.3 is 0 Å². The Kier molecular flexibility index (Phi) is 5.33. The van der Waals surface area contributed by atoms with Crippen molar-refractivity contribution in [1.82, 2.24) is 0 Å². The summed E-state index contributed by atoms with van der Waals surface area (Å²) in [6.45, 7) is 18.0. The Morgan fingerprint density at radius 2 is 1.30 bits per heavy atom. The van der Waals surface area contributed by atoms with Gasteiger partial charge in [-0.1, -0.05) is 53.1 Å². The number of hydrogen-bond donors (Lipinski definition) is 1. The number of benzene rings is 2. The van der Waals surface area contributed by atoms with Gasteiger partial charge in [-0.2, -0.15) is 0 Å². The Bertz CT molecular complexity index is 895. The molecule has 1 atom stereocenters. The maximum Gasteiger partial charge on any atom is 0.0488 e. The predicted molar refractivity (Wildman–Crippen MR) is 119 cm³/mol. The Hall–Kier alpha value is -2.28. The number of allylic oxidation sites excluding steroid dienone is 4. The summed E-state index contributed by atoms with van der Waals surface area (Å²) in [5.74, 6) is 0.408. The van der Waals surface area contributed by atoms with Crippen molar-refractivity contribution in [1.29, 1.82) is 0 Å². The maximum atomic E-state index is 3.81. The van der Waals surface area contributed by atoms with Gasteiger partial charge in [-0.15, -0.1) is 0 Å². The topological polar surface area (TPSA) is 12.0 Å². The number of aryl methyl sites for hydroxylation is 3. The number of anilines is 1. The van der Waals surface area contributed by atoms with Crippen molar-refractivity contribution < 1.29 is 0 Å². The second-order valence-corrected chi connectivity index (χ2v) is 8.32. The second kappa shape index (κ2) is 7.38. The van der Waals surface area contributed by atoms with E-state index in [1.54, 1.807) is 0 Å². The highest BCUT2D eigenvalue weighted by atomic mass is 14.9. The Morgan fingerprint density at radius 1 is 0.778 bits per heavy atom. The first-order chi connectivity index (χ1) is 12.7. The molecule has 1 N–H and O–H groups in total. The van der Waals surface area contributed by atoms with Gasteiger partial charge < -0.3 is 5.32 Å². The fraction of sp³-hybridized carbons (Fsp3) is 0.385. The highest BCUT2D eigenvalue weighted by molar-refractivity contribution is 5.61. The first-order valence-corrected chi connectivity index (χ1v) is 10.0. The van der Waals surface area contributed by atoms with Crippen molar-refractivity contribution in [2.75, 3.05) is 5.32 Å². The molecule has 0 radical (unpaired) electrons. The zero-order valence-corrected chi connectivity index (χ0v) is 18.1. The summed E-state index contributed by atoms with van der Waals surface area (Å²) in [4.78, 5) is 0. The molecule has 1 aliphatic carbocycles. The molecule has 0 aromatic heterocycles. The standard InChI is InChI=1S/C26H33N/c1-15-13-16(2)26(17(3)14-15)27-22(8)23-11-9-10-12-24(23)25-20(6)18(4)19(5)21(25)7/h9-14,22,25,27H,1-8H3. The average molecular weight is 360 g/mol. The Balaban J connectivity index is 2.00. The molecule has 2 aromatic carbocycles. The van der Waals surface area contributed by atoms with Crippen LogP contribution in [-0.2, 0) is 0 Å². The van der Waals surface area contributed by atoms with Crippen molar-refractivity contribution in [3.05, 3.63) is 86.5 Å². The van der Waals surface area contributed by atoms with Gasteiger partial charge in [0, 0.05) is 17.6 Å². The van der Waals surface area contributed by atoms with E-state index in [1.165, 1.54) is 55.8 Å². The van der Waals surface area contributed by atoms with Crippen LogP contribution in [0.1, 0.15) is 74.4 Å². The van der Waals surface area contributed by atoms with Crippen molar-refractivity contribution >= 4 is 5.69 Å². The largest absolute Gasteiger partial charge is 0.378 e. The zero-order valence-electron chi connectivity index (χ0n) is 18.1. The number of rotatable bonds is 4. The first kappa shape index (κ1) is 19.5. The third-order valence-corrected chi connectivity index (χ3v) is 6.42. The molecular weight excluding hydrogens is 326 g/mol. The van der Waals surface area contributed by atoms with Crippen LogP contribution in [0.2, 0.25) is 0 Å². The monoisotopic (exact) mass is 359 g/mol. The van der Waals surface area contributed by atoms with E-state index in [0.29, 0.717) is 5.92 Å². The van der Waals surface area contributed by atoms with E-state index >= 15 is 0 Å². The summed E-state index contributed by atoms with van der Waals surface area (Å²) >= 11 is 0. The van der Waals surface area contributed by atoms with E-state index in [0.717, 1.165) is 0 Å². The lowest BCUT2D eigenvalue weighted by atomic mass is 9.84. The lowest BCUT2D eigenvalue weighted by molar-refractivity contribution is 0.828. The third-order valence-electron chi connectivity index (χ3n) is 6.42. The van der Waals surface area contributed by atoms with Crippen LogP contribution in [0, 0.1) is 20.8 Å². The van der Waals surface area contributed by atoms with Crippen LogP contribution in [-0.4, -0.2) is 0 Å². The quantitative estimate of drug-likeness (QED) is 0.594. The van der Waals surface area contributed by atoms with E-state index in [4.69, 9.17) is 0 Å². The van der Waals surface area contributed by atoms with E-state index in [1.807, 2.05) is 0 Å². The van der Waals surface area contributed by atoms with Gasteiger partial charge in [0.05, 0.1) is 0 Å². The normalized spacial score (nSPS) is 16.3. The molecule has 1 aliphatic rings. The van der Waals surface area contributed by atoms with Gasteiger partial charge in [0.1, 0.15) is 0 Å². The molecule has 142 valence electrons. The van der Waals surface area contributed by atoms with Crippen molar-refractivity contribution in [3.63, 3.8) is 0 Å². The van der Waals surface area contributed by atoms with Gasteiger partial charge in [-0.3, -0.25) is 0 Å². The molecule has 0 heterocycles. The molecule has 0 saturated carbocycles. The summed E-state index contributed by atoms with van der Waals surface area (Å²) in [5, 5.41) is 3.81. The molecule has 0 bridgehead atoms. The van der Waals surface area contributed by atoms with E-state index in [-0.39, 0.29) is 6.04 Å². The molecule has 1 unspecified atom stereocenters. The molecule has 2 aromatic rings. The summed E-state index contributed by atoms with van der Waals surface area (Å²) in [6.07, 6.45) is 0. The van der Waals surface area contributed by atoms with Gasteiger partial charge in [0.25, 0.3) is 0 Å². The smallest absolute Gasteiger partial charge is 0.0488 e. The van der Waals surface area contributed by atoms with Crippen LogP contribution in [0.15, 0.2) is 58.7 Å². The lowest BCUT2D eigenvalue weighted by Gasteiger charge is -2.26. The molecule has 0 aliphatic heterocycles. The van der Waals surface area contributed by atoms with Gasteiger partial charge in [0.2, 0.25) is 0 Å². The summed E-state index contributed by atoms with van der Waals surface area (Å²) in [7, 11) is 0. The molecule has 27 heavy (non-hydrogen) atoms. The third kappa shape index (κ3) is 3.48. The fourth-order valence-corrected chi connectivity index (χ4v) is 4.69. The van der Waals surface area contributed by atoms with Crippen LogP contribution in [0.4, 0.5) is 5.69 Å². The zero-order chi connectivity index (χ0) is 19.9. The molecule has 1 nitrogen and oxygen atoms in total. The molecule has 0 fully saturated rings. The number of nitrogens with one attached hydrogen (secondary N) is 1.